The number of methoxy groups -OCH3 is 1. The lowest BCUT2D eigenvalue weighted by atomic mass is 10.1. The van der Waals surface area contributed by atoms with E-state index in [-0.39, 0.29) is 5.91 Å². The number of benzene rings is 1. The van der Waals surface area contributed by atoms with Crippen LogP contribution in [0.3, 0.4) is 0 Å². The number of hydrogen-bond donors (Lipinski definition) is 1. The van der Waals surface area contributed by atoms with Crippen molar-refractivity contribution < 1.29 is 9.53 Å². The minimum Gasteiger partial charge on any atom is -0.496 e. The molecule has 0 unspecified atom stereocenters. The van der Waals surface area contributed by atoms with Gasteiger partial charge in [0, 0.05) is 24.5 Å². The van der Waals surface area contributed by atoms with Crippen molar-refractivity contribution in [1.29, 1.82) is 0 Å². The van der Waals surface area contributed by atoms with Gasteiger partial charge in [0.05, 0.1) is 13.7 Å². The van der Waals surface area contributed by atoms with E-state index in [4.69, 9.17) is 4.74 Å². The number of rotatable bonds is 10. The van der Waals surface area contributed by atoms with Crippen LogP contribution in [-0.4, -0.2) is 37.6 Å². The lowest BCUT2D eigenvalue weighted by Crippen LogP contribution is -2.37. The number of nitrogens with zero attached hydrogens (tertiary/aromatic N) is 1. The van der Waals surface area contributed by atoms with Crippen LogP contribution in [0.5, 0.6) is 5.75 Å². The van der Waals surface area contributed by atoms with Gasteiger partial charge in [0.25, 0.3) is 0 Å². The van der Waals surface area contributed by atoms with Crippen molar-refractivity contribution in [2.24, 2.45) is 0 Å². The molecule has 2 aromatic rings. The third-order valence-corrected chi connectivity index (χ3v) is 4.48. The van der Waals surface area contributed by atoms with Crippen molar-refractivity contribution in [2.45, 2.75) is 13.0 Å². The minimum absolute atomic E-state index is 0.0308. The molecular weight excluding hydrogens is 320 g/mol. The number of para-hydroxylation sites is 1. The Bertz CT molecular complexity index is 641. The zero-order chi connectivity index (χ0) is 17.2. The molecule has 4 nitrogen and oxygen atoms in total. The van der Waals surface area contributed by atoms with E-state index in [0.717, 1.165) is 24.3 Å². The Hall–Kier alpha value is -2.11. The largest absolute Gasteiger partial charge is 0.496 e. The topological polar surface area (TPSA) is 41.6 Å². The number of thiophene rings is 1. The van der Waals surface area contributed by atoms with E-state index in [1.165, 1.54) is 4.88 Å². The standard InChI is InChI=1S/C19H24N2O2S/c1-3-12-21(14-17-8-6-13-24-17)15-19(22)20-11-10-16-7-4-5-9-18(16)23-2/h3-9,13H,1,10-12,14-15H2,2H3,(H,20,22). The van der Waals surface area contributed by atoms with Crippen molar-refractivity contribution in [2.75, 3.05) is 26.7 Å². The summed E-state index contributed by atoms with van der Waals surface area (Å²) in [5.74, 6) is 0.890. The molecule has 1 heterocycles. The Morgan fingerprint density at radius 2 is 2.17 bits per heavy atom. The number of carbonyl (C=O) groups excluding carboxylic acids is 1. The molecule has 0 aliphatic rings. The summed E-state index contributed by atoms with van der Waals surface area (Å²) < 4.78 is 5.33. The monoisotopic (exact) mass is 344 g/mol. The Morgan fingerprint density at radius 3 is 2.88 bits per heavy atom. The van der Waals surface area contributed by atoms with Crippen molar-refractivity contribution in [3.8, 4) is 5.75 Å². The second kappa shape index (κ2) is 9.90. The van der Waals surface area contributed by atoms with Crippen LogP contribution in [0.25, 0.3) is 0 Å². The second-order valence-corrected chi connectivity index (χ2v) is 6.48. The van der Waals surface area contributed by atoms with Gasteiger partial charge in [-0.15, -0.1) is 17.9 Å². The molecule has 0 aliphatic heterocycles. The van der Waals surface area contributed by atoms with Crippen molar-refractivity contribution in [3.05, 3.63) is 64.9 Å². The van der Waals surface area contributed by atoms with Gasteiger partial charge < -0.3 is 10.1 Å². The summed E-state index contributed by atoms with van der Waals surface area (Å²) >= 11 is 1.70. The molecule has 1 amide bonds. The summed E-state index contributed by atoms with van der Waals surface area (Å²) in [6.07, 6.45) is 2.58. The average Bonchev–Trinajstić information content (AvgIpc) is 3.08. The van der Waals surface area contributed by atoms with Crippen LogP contribution in [0.2, 0.25) is 0 Å². The SMILES string of the molecule is C=CCN(CC(=O)NCCc1ccccc1OC)Cc1cccs1. The van der Waals surface area contributed by atoms with Gasteiger partial charge in [-0.3, -0.25) is 9.69 Å². The van der Waals surface area contributed by atoms with Gasteiger partial charge >= 0.3 is 0 Å². The fourth-order valence-corrected chi connectivity index (χ4v) is 3.24. The number of nitrogens with one attached hydrogen (secondary N) is 1. The van der Waals surface area contributed by atoms with Crippen LogP contribution in [0.4, 0.5) is 0 Å². The molecule has 0 saturated carbocycles. The van der Waals surface area contributed by atoms with Crippen molar-refractivity contribution >= 4 is 17.2 Å². The maximum Gasteiger partial charge on any atom is 0.234 e. The summed E-state index contributed by atoms with van der Waals surface area (Å²) in [6, 6.07) is 12.0. The lowest BCUT2D eigenvalue weighted by molar-refractivity contribution is -0.122. The maximum absolute atomic E-state index is 12.2. The van der Waals surface area contributed by atoms with Crippen LogP contribution in [0.15, 0.2) is 54.4 Å². The molecule has 0 radical (unpaired) electrons. The molecule has 0 aliphatic carbocycles. The van der Waals surface area contributed by atoms with E-state index in [1.54, 1.807) is 18.4 Å². The normalized spacial score (nSPS) is 10.6. The Morgan fingerprint density at radius 1 is 1.33 bits per heavy atom. The fraction of sp³-hybridized carbons (Fsp3) is 0.316. The van der Waals surface area contributed by atoms with E-state index in [1.807, 2.05) is 36.4 Å². The van der Waals surface area contributed by atoms with Gasteiger partial charge in [-0.25, -0.2) is 0 Å². The summed E-state index contributed by atoms with van der Waals surface area (Å²) in [6.45, 7) is 6.20. The number of hydrogen-bond acceptors (Lipinski definition) is 4. The predicted molar refractivity (Wildman–Crippen MR) is 99.5 cm³/mol. The third-order valence-electron chi connectivity index (χ3n) is 3.62. The van der Waals surface area contributed by atoms with E-state index < -0.39 is 0 Å². The molecule has 0 saturated heterocycles. The highest BCUT2D eigenvalue weighted by Gasteiger charge is 2.11. The Balaban J connectivity index is 1.79. The van der Waals surface area contributed by atoms with E-state index >= 15 is 0 Å². The van der Waals surface area contributed by atoms with Gasteiger partial charge in [0.1, 0.15) is 5.75 Å². The smallest absolute Gasteiger partial charge is 0.234 e. The first kappa shape index (κ1) is 18.2. The van der Waals surface area contributed by atoms with Gasteiger partial charge in [-0.2, -0.15) is 0 Å². The summed E-state index contributed by atoms with van der Waals surface area (Å²) in [5, 5.41) is 5.03. The Labute approximate surface area is 147 Å². The zero-order valence-corrected chi connectivity index (χ0v) is 14.8. The summed E-state index contributed by atoms with van der Waals surface area (Å²) in [7, 11) is 1.66. The van der Waals surface area contributed by atoms with Gasteiger partial charge in [0.15, 0.2) is 0 Å². The lowest BCUT2D eigenvalue weighted by Gasteiger charge is -2.19. The average molecular weight is 344 g/mol. The van der Waals surface area contributed by atoms with E-state index in [9.17, 15) is 4.79 Å². The maximum atomic E-state index is 12.2. The summed E-state index contributed by atoms with van der Waals surface area (Å²) in [4.78, 5) is 15.5. The molecule has 0 spiro atoms. The highest BCUT2D eigenvalue weighted by atomic mass is 32.1. The minimum atomic E-state index is 0.0308. The first-order valence-electron chi connectivity index (χ1n) is 7.97. The van der Waals surface area contributed by atoms with Crippen LogP contribution in [-0.2, 0) is 17.8 Å². The molecule has 0 bridgehead atoms. The van der Waals surface area contributed by atoms with Crippen LogP contribution < -0.4 is 10.1 Å². The molecule has 0 fully saturated rings. The van der Waals surface area contributed by atoms with Crippen LogP contribution in [0, 0.1) is 0 Å². The second-order valence-electron chi connectivity index (χ2n) is 5.45. The molecule has 24 heavy (non-hydrogen) atoms. The van der Waals surface area contributed by atoms with Crippen molar-refractivity contribution in [1.82, 2.24) is 10.2 Å². The van der Waals surface area contributed by atoms with E-state index in [2.05, 4.69) is 28.2 Å². The van der Waals surface area contributed by atoms with Gasteiger partial charge in [0.2, 0.25) is 5.91 Å². The molecule has 1 aromatic carbocycles. The number of carbonyl (C=O) groups is 1. The number of amides is 1. The molecule has 2 rings (SSSR count). The molecule has 128 valence electrons. The molecule has 1 N–H and O–H groups in total. The van der Waals surface area contributed by atoms with Crippen molar-refractivity contribution in [3.63, 3.8) is 0 Å². The highest BCUT2D eigenvalue weighted by molar-refractivity contribution is 7.09. The first-order chi connectivity index (χ1) is 11.7. The molecule has 0 atom stereocenters. The molecular formula is C19H24N2O2S. The van der Waals surface area contributed by atoms with E-state index in [0.29, 0.717) is 19.6 Å². The zero-order valence-electron chi connectivity index (χ0n) is 14.0. The van der Waals surface area contributed by atoms with Crippen LogP contribution in [0.1, 0.15) is 10.4 Å². The third kappa shape index (κ3) is 5.83. The first-order valence-corrected chi connectivity index (χ1v) is 8.85. The number of ether oxygens (including phenoxy) is 1. The molecule has 1 aromatic heterocycles. The predicted octanol–water partition coefficient (Wildman–Crippen LogP) is 3.10. The quantitative estimate of drug-likeness (QED) is 0.674. The van der Waals surface area contributed by atoms with Gasteiger partial charge in [-0.05, 0) is 29.5 Å². The highest BCUT2D eigenvalue weighted by Crippen LogP contribution is 2.17. The Kier molecular flexibility index (Phi) is 7.52. The molecule has 5 heteroatoms. The summed E-state index contributed by atoms with van der Waals surface area (Å²) in [5.41, 5.74) is 1.10. The fourth-order valence-electron chi connectivity index (χ4n) is 2.50. The van der Waals surface area contributed by atoms with Gasteiger partial charge in [-0.1, -0.05) is 30.3 Å². The van der Waals surface area contributed by atoms with Crippen LogP contribution >= 0.6 is 11.3 Å².